The van der Waals surface area contributed by atoms with Crippen LogP contribution in [0.15, 0.2) is 24.3 Å². The number of ether oxygens (including phenoxy) is 1. The third-order valence-electron chi connectivity index (χ3n) is 2.87. The predicted octanol–water partition coefficient (Wildman–Crippen LogP) is 2.41. The lowest BCUT2D eigenvalue weighted by Gasteiger charge is -2.20. The Morgan fingerprint density at radius 3 is 2.45 bits per heavy atom. The van der Waals surface area contributed by atoms with Gasteiger partial charge in [0.25, 0.3) is 5.91 Å². The Hall–Kier alpha value is -2.25. The summed E-state index contributed by atoms with van der Waals surface area (Å²) in [5.41, 5.74) is -0.962. The molecule has 0 spiro atoms. The number of carboxylic acid groups (broad SMARTS) is 1. The Morgan fingerprint density at radius 1 is 1.27 bits per heavy atom. The summed E-state index contributed by atoms with van der Waals surface area (Å²) < 4.78 is 43.3. The van der Waals surface area contributed by atoms with Crippen molar-refractivity contribution in [2.45, 2.75) is 19.5 Å². The molecule has 0 aliphatic rings. The molecule has 0 aromatic heterocycles. The van der Waals surface area contributed by atoms with Crippen molar-refractivity contribution in [3.63, 3.8) is 0 Å². The van der Waals surface area contributed by atoms with E-state index in [0.717, 1.165) is 12.1 Å². The minimum atomic E-state index is -4.58. The SMILES string of the molecule is CCN(CCC(=O)O)C(=O)COc1ccccc1C(F)(F)F. The fraction of sp³-hybridized carbons (Fsp3) is 0.429. The van der Waals surface area contributed by atoms with Gasteiger partial charge in [0.05, 0.1) is 12.0 Å². The normalized spacial score (nSPS) is 11.1. The van der Waals surface area contributed by atoms with Crippen molar-refractivity contribution in [2.75, 3.05) is 19.7 Å². The monoisotopic (exact) mass is 319 g/mol. The summed E-state index contributed by atoms with van der Waals surface area (Å²) in [6.45, 7) is 1.29. The molecule has 122 valence electrons. The van der Waals surface area contributed by atoms with Crippen LogP contribution in [0.25, 0.3) is 0 Å². The number of halogens is 3. The molecule has 5 nitrogen and oxygen atoms in total. The number of nitrogens with zero attached hydrogens (tertiary/aromatic N) is 1. The van der Waals surface area contributed by atoms with Crippen LogP contribution in [0.2, 0.25) is 0 Å². The second kappa shape index (κ2) is 7.67. The maximum absolute atomic E-state index is 12.8. The summed E-state index contributed by atoms with van der Waals surface area (Å²) in [4.78, 5) is 23.5. The Labute approximate surface area is 125 Å². The molecular weight excluding hydrogens is 303 g/mol. The second-order valence-corrected chi connectivity index (χ2v) is 4.40. The predicted molar refractivity (Wildman–Crippen MR) is 71.4 cm³/mol. The summed E-state index contributed by atoms with van der Waals surface area (Å²) in [6, 6.07) is 4.59. The Kier molecular flexibility index (Phi) is 6.21. The minimum absolute atomic E-state index is 0.0189. The molecular formula is C14H16F3NO4. The first-order valence-electron chi connectivity index (χ1n) is 6.54. The lowest BCUT2D eigenvalue weighted by molar-refractivity contribution is -0.142. The highest BCUT2D eigenvalue weighted by Gasteiger charge is 2.34. The molecule has 0 bridgehead atoms. The summed E-state index contributed by atoms with van der Waals surface area (Å²) in [6.07, 6.45) is -4.81. The third kappa shape index (κ3) is 5.27. The van der Waals surface area contributed by atoms with Gasteiger partial charge in [0.1, 0.15) is 5.75 Å². The van der Waals surface area contributed by atoms with Gasteiger partial charge in [0.2, 0.25) is 0 Å². The van der Waals surface area contributed by atoms with Gasteiger partial charge in [-0.25, -0.2) is 0 Å². The number of amides is 1. The number of para-hydroxylation sites is 1. The lowest BCUT2D eigenvalue weighted by atomic mass is 10.2. The van der Waals surface area contributed by atoms with Crippen LogP contribution in [-0.2, 0) is 15.8 Å². The summed E-state index contributed by atoms with van der Waals surface area (Å²) in [5, 5.41) is 8.58. The molecule has 22 heavy (non-hydrogen) atoms. The van der Waals surface area contributed by atoms with E-state index in [0.29, 0.717) is 0 Å². The van der Waals surface area contributed by atoms with E-state index in [1.54, 1.807) is 6.92 Å². The van der Waals surface area contributed by atoms with Gasteiger partial charge in [-0.05, 0) is 19.1 Å². The lowest BCUT2D eigenvalue weighted by Crippen LogP contribution is -2.36. The molecule has 1 aromatic rings. The third-order valence-corrected chi connectivity index (χ3v) is 2.87. The van der Waals surface area contributed by atoms with Crippen molar-refractivity contribution >= 4 is 11.9 Å². The molecule has 0 saturated heterocycles. The number of alkyl halides is 3. The molecule has 0 atom stereocenters. The van der Waals surface area contributed by atoms with Gasteiger partial charge >= 0.3 is 12.1 Å². The number of rotatable bonds is 7. The van der Waals surface area contributed by atoms with Crippen LogP contribution in [0.5, 0.6) is 5.75 Å². The van der Waals surface area contributed by atoms with Crippen molar-refractivity contribution in [1.29, 1.82) is 0 Å². The van der Waals surface area contributed by atoms with Crippen LogP contribution >= 0.6 is 0 Å². The van der Waals surface area contributed by atoms with E-state index >= 15 is 0 Å². The molecule has 1 amide bonds. The molecule has 0 radical (unpaired) electrons. The first-order chi connectivity index (χ1) is 10.3. The van der Waals surface area contributed by atoms with E-state index < -0.39 is 36.0 Å². The largest absolute Gasteiger partial charge is 0.483 e. The van der Waals surface area contributed by atoms with Crippen LogP contribution in [0.1, 0.15) is 18.9 Å². The quantitative estimate of drug-likeness (QED) is 0.838. The zero-order chi connectivity index (χ0) is 16.8. The van der Waals surface area contributed by atoms with Gasteiger partial charge in [-0.2, -0.15) is 13.2 Å². The number of hydrogen-bond acceptors (Lipinski definition) is 3. The van der Waals surface area contributed by atoms with Gasteiger partial charge in [0, 0.05) is 13.1 Å². The highest BCUT2D eigenvalue weighted by atomic mass is 19.4. The maximum atomic E-state index is 12.8. The average molecular weight is 319 g/mol. The van der Waals surface area contributed by atoms with E-state index in [1.165, 1.54) is 17.0 Å². The highest BCUT2D eigenvalue weighted by Crippen LogP contribution is 2.35. The smallest absolute Gasteiger partial charge is 0.419 e. The number of aliphatic carboxylic acids is 1. The van der Waals surface area contributed by atoms with Crippen LogP contribution < -0.4 is 4.74 Å². The number of carbonyl (C=O) groups excluding carboxylic acids is 1. The molecule has 0 aliphatic heterocycles. The zero-order valence-corrected chi connectivity index (χ0v) is 11.9. The molecule has 1 rings (SSSR count). The van der Waals surface area contributed by atoms with Crippen LogP contribution in [0, 0.1) is 0 Å². The van der Waals surface area contributed by atoms with Crippen molar-refractivity contribution in [3.05, 3.63) is 29.8 Å². The summed E-state index contributed by atoms with van der Waals surface area (Å²) in [7, 11) is 0. The Bertz CT molecular complexity index is 531. The number of carbonyl (C=O) groups is 2. The molecule has 8 heteroatoms. The van der Waals surface area contributed by atoms with Gasteiger partial charge in [-0.3, -0.25) is 9.59 Å². The first kappa shape index (κ1) is 17.8. The number of carboxylic acids is 1. The Morgan fingerprint density at radius 2 is 1.91 bits per heavy atom. The summed E-state index contributed by atoms with van der Waals surface area (Å²) >= 11 is 0. The number of likely N-dealkylation sites (N-methyl/N-ethyl adjacent to an activating group) is 1. The summed E-state index contributed by atoms with van der Waals surface area (Å²) in [5.74, 6) is -2.06. The van der Waals surface area contributed by atoms with Crippen LogP contribution in [0.3, 0.4) is 0 Å². The number of hydrogen-bond donors (Lipinski definition) is 1. The standard InChI is InChI=1S/C14H16F3NO4/c1-2-18(8-7-13(20)21)12(19)9-22-11-6-4-3-5-10(11)14(15,16)17/h3-6H,2,7-9H2,1H3,(H,20,21). The molecule has 1 aromatic carbocycles. The zero-order valence-electron chi connectivity index (χ0n) is 11.9. The van der Waals surface area contributed by atoms with E-state index in [2.05, 4.69) is 0 Å². The van der Waals surface area contributed by atoms with E-state index in [4.69, 9.17) is 9.84 Å². The van der Waals surface area contributed by atoms with E-state index in [9.17, 15) is 22.8 Å². The average Bonchev–Trinajstić information content (AvgIpc) is 2.44. The molecule has 0 unspecified atom stereocenters. The van der Waals surface area contributed by atoms with Crippen molar-refractivity contribution in [2.24, 2.45) is 0 Å². The van der Waals surface area contributed by atoms with Gasteiger partial charge in [0.15, 0.2) is 6.61 Å². The molecule has 0 saturated carbocycles. The molecule has 0 aliphatic carbocycles. The number of benzene rings is 1. The molecule has 0 fully saturated rings. The second-order valence-electron chi connectivity index (χ2n) is 4.40. The molecule has 1 N–H and O–H groups in total. The van der Waals surface area contributed by atoms with Gasteiger partial charge in [-0.15, -0.1) is 0 Å². The van der Waals surface area contributed by atoms with Crippen LogP contribution in [0.4, 0.5) is 13.2 Å². The minimum Gasteiger partial charge on any atom is -0.483 e. The highest BCUT2D eigenvalue weighted by molar-refractivity contribution is 5.78. The Balaban J connectivity index is 2.69. The topological polar surface area (TPSA) is 66.8 Å². The van der Waals surface area contributed by atoms with Gasteiger partial charge < -0.3 is 14.7 Å². The fourth-order valence-corrected chi connectivity index (χ4v) is 1.75. The van der Waals surface area contributed by atoms with Crippen molar-refractivity contribution in [1.82, 2.24) is 4.90 Å². The van der Waals surface area contributed by atoms with E-state index in [1.807, 2.05) is 0 Å². The first-order valence-corrected chi connectivity index (χ1v) is 6.54. The fourth-order valence-electron chi connectivity index (χ4n) is 1.75. The van der Waals surface area contributed by atoms with E-state index in [-0.39, 0.29) is 19.5 Å². The maximum Gasteiger partial charge on any atom is 0.419 e. The van der Waals surface area contributed by atoms with Crippen molar-refractivity contribution < 1.29 is 32.6 Å². The molecule has 0 heterocycles. The van der Waals surface area contributed by atoms with Crippen molar-refractivity contribution in [3.8, 4) is 5.75 Å². The van der Waals surface area contributed by atoms with Crippen LogP contribution in [-0.4, -0.2) is 41.6 Å². The van der Waals surface area contributed by atoms with Gasteiger partial charge in [-0.1, -0.05) is 12.1 Å².